The van der Waals surface area contributed by atoms with Gasteiger partial charge in [-0.3, -0.25) is 9.59 Å². The van der Waals surface area contributed by atoms with Gasteiger partial charge < -0.3 is 15.0 Å². The molecule has 0 bridgehead atoms. The Hall–Kier alpha value is -3.08. The molecule has 2 aromatic carbocycles. The number of methoxy groups -OCH3 is 1. The van der Waals surface area contributed by atoms with Crippen LogP contribution in [0.2, 0.25) is 0 Å². The van der Waals surface area contributed by atoms with Crippen LogP contribution in [0.4, 0.5) is 0 Å². The van der Waals surface area contributed by atoms with E-state index in [0.717, 1.165) is 33.3 Å². The van der Waals surface area contributed by atoms with Crippen LogP contribution in [-0.4, -0.2) is 24.5 Å². The smallest absolute Gasteiger partial charge is 0.251 e. The molecule has 3 rings (SSSR count). The third-order valence-electron chi connectivity index (χ3n) is 4.60. The Labute approximate surface area is 158 Å². The molecule has 2 N–H and O–H groups in total. The summed E-state index contributed by atoms with van der Waals surface area (Å²) in [5.74, 6) is 0.654. The highest BCUT2D eigenvalue weighted by atomic mass is 16.5. The number of hydrogen-bond acceptors (Lipinski definition) is 3. The van der Waals surface area contributed by atoms with Crippen molar-refractivity contribution in [3.8, 4) is 5.75 Å². The Morgan fingerprint density at radius 3 is 2.74 bits per heavy atom. The van der Waals surface area contributed by atoms with Gasteiger partial charge in [0, 0.05) is 23.0 Å². The van der Waals surface area contributed by atoms with Crippen molar-refractivity contribution in [2.45, 2.75) is 26.7 Å². The zero-order valence-electron chi connectivity index (χ0n) is 15.9. The van der Waals surface area contributed by atoms with E-state index in [2.05, 4.69) is 16.4 Å². The highest BCUT2D eigenvalue weighted by Gasteiger charge is 2.08. The van der Waals surface area contributed by atoms with Crippen LogP contribution in [0.5, 0.6) is 5.75 Å². The molecule has 1 aromatic heterocycles. The summed E-state index contributed by atoms with van der Waals surface area (Å²) in [6.07, 6.45) is 0.770. The average Bonchev–Trinajstić information content (AvgIpc) is 2.62. The van der Waals surface area contributed by atoms with Crippen molar-refractivity contribution < 1.29 is 9.53 Å². The molecule has 27 heavy (non-hydrogen) atoms. The van der Waals surface area contributed by atoms with Crippen LogP contribution in [0.25, 0.3) is 10.9 Å². The molecule has 0 atom stereocenters. The Bertz CT molecular complexity index is 1040. The second kappa shape index (κ2) is 8.08. The van der Waals surface area contributed by atoms with Crippen molar-refractivity contribution in [1.29, 1.82) is 0 Å². The van der Waals surface area contributed by atoms with Crippen molar-refractivity contribution >= 4 is 16.8 Å². The zero-order chi connectivity index (χ0) is 19.4. The molecule has 0 aliphatic heterocycles. The van der Waals surface area contributed by atoms with Crippen LogP contribution >= 0.6 is 0 Å². The number of carbonyl (C=O) groups is 1. The fourth-order valence-electron chi connectivity index (χ4n) is 3.27. The number of aromatic amines is 1. The summed E-state index contributed by atoms with van der Waals surface area (Å²) in [5, 5.41) is 3.92. The van der Waals surface area contributed by atoms with Gasteiger partial charge in [0.2, 0.25) is 5.91 Å². The maximum Gasteiger partial charge on any atom is 0.251 e. The van der Waals surface area contributed by atoms with Gasteiger partial charge in [0.1, 0.15) is 5.75 Å². The highest BCUT2D eigenvalue weighted by molar-refractivity contribution is 5.83. The Balaban J connectivity index is 1.63. The maximum atomic E-state index is 12.3. The Morgan fingerprint density at radius 2 is 1.96 bits per heavy atom. The fraction of sp³-hybridized carbons (Fsp3) is 0.273. The fourth-order valence-corrected chi connectivity index (χ4v) is 3.27. The molecule has 0 aliphatic carbocycles. The van der Waals surface area contributed by atoms with Crippen LogP contribution in [0.3, 0.4) is 0 Å². The molecule has 0 saturated carbocycles. The largest absolute Gasteiger partial charge is 0.497 e. The van der Waals surface area contributed by atoms with Gasteiger partial charge in [-0.1, -0.05) is 18.2 Å². The normalized spacial score (nSPS) is 10.8. The van der Waals surface area contributed by atoms with Gasteiger partial charge in [0.25, 0.3) is 5.56 Å². The first kappa shape index (κ1) is 18.7. The van der Waals surface area contributed by atoms with E-state index in [1.165, 1.54) is 0 Å². The number of aryl methyl sites for hydroxylation is 2. The quantitative estimate of drug-likeness (QED) is 0.706. The number of benzene rings is 2. The third kappa shape index (κ3) is 4.56. The summed E-state index contributed by atoms with van der Waals surface area (Å²) < 4.78 is 5.17. The Kier molecular flexibility index (Phi) is 5.60. The van der Waals surface area contributed by atoms with Crippen LogP contribution in [0.1, 0.15) is 22.3 Å². The van der Waals surface area contributed by atoms with Gasteiger partial charge in [0.05, 0.1) is 13.5 Å². The summed E-state index contributed by atoms with van der Waals surface area (Å²) in [6, 6.07) is 13.4. The number of amides is 1. The summed E-state index contributed by atoms with van der Waals surface area (Å²) in [5.41, 5.74) is 4.56. The highest BCUT2D eigenvalue weighted by Crippen LogP contribution is 2.18. The number of hydrogen-bond donors (Lipinski definition) is 2. The second-order valence-corrected chi connectivity index (χ2v) is 6.80. The first-order chi connectivity index (χ1) is 13.0. The van der Waals surface area contributed by atoms with Gasteiger partial charge in [-0.25, -0.2) is 0 Å². The summed E-state index contributed by atoms with van der Waals surface area (Å²) in [6.45, 7) is 4.46. The lowest BCUT2D eigenvalue weighted by Crippen LogP contribution is -2.28. The minimum Gasteiger partial charge on any atom is -0.497 e. The van der Waals surface area contributed by atoms with Crippen LogP contribution in [0, 0.1) is 13.8 Å². The van der Waals surface area contributed by atoms with E-state index in [1.807, 2.05) is 50.2 Å². The molecule has 0 spiro atoms. The topological polar surface area (TPSA) is 71.2 Å². The molecule has 0 aliphatic rings. The number of aromatic nitrogens is 1. The first-order valence-corrected chi connectivity index (χ1v) is 8.99. The lowest BCUT2D eigenvalue weighted by Gasteiger charge is -2.09. The predicted molar refractivity (Wildman–Crippen MR) is 107 cm³/mol. The number of nitrogens with one attached hydrogen (secondary N) is 2. The van der Waals surface area contributed by atoms with E-state index >= 15 is 0 Å². The second-order valence-electron chi connectivity index (χ2n) is 6.80. The minimum atomic E-state index is -0.102. The third-order valence-corrected chi connectivity index (χ3v) is 4.60. The zero-order valence-corrected chi connectivity index (χ0v) is 15.9. The first-order valence-electron chi connectivity index (χ1n) is 8.99. The Morgan fingerprint density at radius 1 is 1.15 bits per heavy atom. The molecule has 0 radical (unpaired) electrons. The van der Waals surface area contributed by atoms with Crippen LogP contribution < -0.4 is 15.6 Å². The summed E-state index contributed by atoms with van der Waals surface area (Å²) in [7, 11) is 1.60. The van der Waals surface area contributed by atoms with Gasteiger partial charge in [-0.15, -0.1) is 0 Å². The van der Waals surface area contributed by atoms with E-state index in [-0.39, 0.29) is 17.9 Å². The molecular weight excluding hydrogens is 340 g/mol. The van der Waals surface area contributed by atoms with E-state index in [4.69, 9.17) is 4.74 Å². The van der Waals surface area contributed by atoms with Gasteiger partial charge in [-0.2, -0.15) is 0 Å². The minimum absolute atomic E-state index is 0.0766. The van der Waals surface area contributed by atoms with Crippen molar-refractivity contribution in [3.05, 3.63) is 75.1 Å². The van der Waals surface area contributed by atoms with Gasteiger partial charge in [-0.05, 0) is 61.2 Å². The number of ether oxygens (including phenoxy) is 1. The molecule has 0 fully saturated rings. The van der Waals surface area contributed by atoms with Gasteiger partial charge >= 0.3 is 0 Å². The lowest BCUT2D eigenvalue weighted by atomic mass is 10.0. The SMILES string of the molecule is COc1cccc(CC(=O)NCCc2cc3c(C)cc(C)cc3[nH]c2=O)c1. The van der Waals surface area contributed by atoms with Crippen molar-refractivity contribution in [2.75, 3.05) is 13.7 Å². The number of fused-ring (bicyclic) bond motifs is 1. The van der Waals surface area contributed by atoms with E-state index < -0.39 is 0 Å². The molecule has 1 heterocycles. The molecule has 0 unspecified atom stereocenters. The predicted octanol–water partition coefficient (Wildman–Crippen LogP) is 3.05. The van der Waals surface area contributed by atoms with Crippen molar-refractivity contribution in [3.63, 3.8) is 0 Å². The van der Waals surface area contributed by atoms with E-state index in [1.54, 1.807) is 7.11 Å². The molecule has 0 saturated heterocycles. The summed E-state index contributed by atoms with van der Waals surface area (Å²) in [4.78, 5) is 27.4. The van der Waals surface area contributed by atoms with Crippen LogP contribution in [0.15, 0.2) is 47.3 Å². The van der Waals surface area contributed by atoms with Gasteiger partial charge in [0.15, 0.2) is 0 Å². The number of H-pyrrole nitrogens is 1. The molecular formula is C22H24N2O3. The monoisotopic (exact) mass is 364 g/mol. The molecule has 5 nitrogen and oxygen atoms in total. The number of pyridine rings is 1. The number of carbonyl (C=O) groups excluding carboxylic acids is 1. The molecule has 5 heteroatoms. The molecule has 1 amide bonds. The summed E-state index contributed by atoms with van der Waals surface area (Å²) >= 11 is 0. The van der Waals surface area contributed by atoms with E-state index in [9.17, 15) is 9.59 Å². The number of rotatable bonds is 6. The van der Waals surface area contributed by atoms with Crippen molar-refractivity contribution in [1.82, 2.24) is 10.3 Å². The van der Waals surface area contributed by atoms with E-state index in [0.29, 0.717) is 18.5 Å². The maximum absolute atomic E-state index is 12.3. The molecule has 140 valence electrons. The average molecular weight is 364 g/mol. The standard InChI is InChI=1S/C22H24N2O3/c1-14-9-15(2)19-13-17(22(26)24-20(19)10-14)7-8-23-21(25)12-16-5-4-6-18(11-16)27-3/h4-6,9-11,13H,7-8,12H2,1-3H3,(H,23,25)(H,24,26). The molecule has 3 aromatic rings. The van der Waals surface area contributed by atoms with Crippen LogP contribution in [-0.2, 0) is 17.6 Å². The lowest BCUT2D eigenvalue weighted by molar-refractivity contribution is -0.120. The van der Waals surface area contributed by atoms with Crippen molar-refractivity contribution in [2.24, 2.45) is 0 Å².